The molecule has 0 bridgehead atoms. The van der Waals surface area contributed by atoms with Crippen molar-refractivity contribution in [3.8, 4) is 11.5 Å². The summed E-state index contributed by atoms with van der Waals surface area (Å²) in [6.45, 7) is 6.58. The van der Waals surface area contributed by atoms with Gasteiger partial charge in [0, 0.05) is 26.2 Å². The summed E-state index contributed by atoms with van der Waals surface area (Å²) in [5.41, 5.74) is 3.46. The van der Waals surface area contributed by atoms with Crippen molar-refractivity contribution >= 4 is 23.9 Å². The number of aromatic nitrogens is 2. The number of carbonyl (C=O) groups excluding carboxylic acids is 1. The number of benzene rings is 1. The quantitative estimate of drug-likeness (QED) is 0.415. The molecule has 0 radical (unpaired) electrons. The van der Waals surface area contributed by atoms with Gasteiger partial charge in [0.1, 0.15) is 0 Å². The van der Waals surface area contributed by atoms with Gasteiger partial charge in [-0.2, -0.15) is 10.1 Å². The molecule has 188 valence electrons. The van der Waals surface area contributed by atoms with Gasteiger partial charge in [0.15, 0.2) is 29.7 Å². The van der Waals surface area contributed by atoms with Crippen molar-refractivity contribution in [3.63, 3.8) is 0 Å². The molecule has 35 heavy (non-hydrogen) atoms. The summed E-state index contributed by atoms with van der Waals surface area (Å²) in [7, 11) is 0. The first-order valence-electron chi connectivity index (χ1n) is 11.5. The third kappa shape index (κ3) is 6.76. The smallest absolute Gasteiger partial charge is 0.260 e. The summed E-state index contributed by atoms with van der Waals surface area (Å²) in [6.07, 6.45) is 2.68. The second kappa shape index (κ2) is 12.3. The van der Waals surface area contributed by atoms with Crippen LogP contribution in [-0.2, 0) is 14.3 Å². The van der Waals surface area contributed by atoms with Crippen LogP contribution >= 0.6 is 0 Å². The second-order valence-electron chi connectivity index (χ2n) is 7.76. The molecule has 3 heterocycles. The number of rotatable bonds is 9. The number of halogens is 1. The number of anilines is 2. The number of nitrogens with one attached hydrogen (secondary N) is 1. The lowest BCUT2D eigenvalue weighted by Gasteiger charge is -2.27. The van der Waals surface area contributed by atoms with Crippen LogP contribution in [0.25, 0.3) is 0 Å². The molecule has 2 aliphatic rings. The number of morpholine rings is 2. The van der Waals surface area contributed by atoms with Gasteiger partial charge in [-0.15, -0.1) is 0 Å². The van der Waals surface area contributed by atoms with Crippen LogP contribution in [0, 0.1) is 5.82 Å². The Morgan fingerprint density at radius 1 is 1.14 bits per heavy atom. The predicted molar refractivity (Wildman–Crippen MR) is 127 cm³/mol. The van der Waals surface area contributed by atoms with Crippen molar-refractivity contribution in [2.75, 3.05) is 76.1 Å². The Morgan fingerprint density at radius 2 is 1.89 bits per heavy atom. The van der Waals surface area contributed by atoms with Crippen LogP contribution in [0.2, 0.25) is 0 Å². The number of nitrogens with zero attached hydrogens (tertiary/aromatic N) is 5. The Morgan fingerprint density at radius 3 is 2.63 bits per heavy atom. The Kier molecular flexibility index (Phi) is 8.63. The van der Waals surface area contributed by atoms with Gasteiger partial charge in [0.25, 0.3) is 5.91 Å². The maximum atomic E-state index is 14.2. The van der Waals surface area contributed by atoms with Crippen molar-refractivity contribution in [3.05, 3.63) is 35.8 Å². The molecule has 12 heteroatoms. The molecule has 2 saturated heterocycles. The van der Waals surface area contributed by atoms with Gasteiger partial charge in [-0.3, -0.25) is 4.79 Å². The van der Waals surface area contributed by atoms with E-state index in [0.29, 0.717) is 70.7 Å². The van der Waals surface area contributed by atoms with Crippen LogP contribution in [0.3, 0.4) is 0 Å². The summed E-state index contributed by atoms with van der Waals surface area (Å²) >= 11 is 0. The fraction of sp³-hybridized carbons (Fsp3) is 0.478. The molecule has 2 aliphatic heterocycles. The van der Waals surface area contributed by atoms with Crippen LogP contribution in [0.4, 0.5) is 16.2 Å². The average Bonchev–Trinajstić information content (AvgIpc) is 2.90. The SMILES string of the molecule is CCOc1cc(C=NNc2ncc(F)c(N3CCOCC3)n2)ccc1OCC(=O)N1CCOCC1. The van der Waals surface area contributed by atoms with E-state index in [9.17, 15) is 9.18 Å². The molecule has 1 aromatic heterocycles. The van der Waals surface area contributed by atoms with Crippen molar-refractivity contribution < 1.29 is 28.1 Å². The third-order valence-corrected chi connectivity index (χ3v) is 5.40. The fourth-order valence-electron chi connectivity index (χ4n) is 3.61. The van der Waals surface area contributed by atoms with Gasteiger partial charge in [-0.05, 0) is 30.7 Å². The van der Waals surface area contributed by atoms with E-state index in [1.807, 2.05) is 11.8 Å². The zero-order valence-electron chi connectivity index (χ0n) is 19.6. The molecule has 2 fully saturated rings. The number of hydrogen-bond acceptors (Lipinski definition) is 10. The van der Waals surface area contributed by atoms with E-state index in [2.05, 4.69) is 20.5 Å². The van der Waals surface area contributed by atoms with Crippen LogP contribution in [-0.4, -0.2) is 92.8 Å². The molecule has 1 amide bonds. The number of ether oxygens (including phenoxy) is 4. The Balaban J connectivity index is 1.37. The molecule has 0 aliphatic carbocycles. The highest BCUT2D eigenvalue weighted by atomic mass is 19.1. The summed E-state index contributed by atoms with van der Waals surface area (Å²) in [6, 6.07) is 5.27. The van der Waals surface area contributed by atoms with E-state index in [1.165, 1.54) is 0 Å². The molecule has 1 aromatic carbocycles. The Hall–Kier alpha value is -3.51. The largest absolute Gasteiger partial charge is 0.490 e. The van der Waals surface area contributed by atoms with Gasteiger partial charge >= 0.3 is 0 Å². The predicted octanol–water partition coefficient (Wildman–Crippen LogP) is 1.53. The van der Waals surface area contributed by atoms with Crippen LogP contribution in [0.5, 0.6) is 11.5 Å². The molecule has 0 atom stereocenters. The number of hydrazone groups is 1. The normalized spacial score (nSPS) is 16.4. The minimum absolute atomic E-state index is 0.0809. The van der Waals surface area contributed by atoms with Crippen molar-refractivity contribution in [2.45, 2.75) is 6.92 Å². The van der Waals surface area contributed by atoms with Crippen molar-refractivity contribution in [1.29, 1.82) is 0 Å². The van der Waals surface area contributed by atoms with Crippen LogP contribution in [0.15, 0.2) is 29.5 Å². The highest BCUT2D eigenvalue weighted by Crippen LogP contribution is 2.28. The topological polar surface area (TPSA) is 111 Å². The van der Waals surface area contributed by atoms with E-state index < -0.39 is 5.82 Å². The number of hydrogen-bond donors (Lipinski definition) is 1. The Bertz CT molecular complexity index is 1030. The van der Waals surface area contributed by atoms with Crippen LogP contribution in [0.1, 0.15) is 12.5 Å². The minimum atomic E-state index is -0.495. The van der Waals surface area contributed by atoms with Crippen molar-refractivity contribution in [2.24, 2.45) is 5.10 Å². The summed E-state index contributed by atoms with van der Waals surface area (Å²) < 4.78 is 36.2. The lowest BCUT2D eigenvalue weighted by atomic mass is 10.2. The zero-order chi connectivity index (χ0) is 24.5. The molecule has 0 spiro atoms. The lowest BCUT2D eigenvalue weighted by molar-refractivity contribution is -0.137. The lowest BCUT2D eigenvalue weighted by Crippen LogP contribution is -2.43. The molecule has 11 nitrogen and oxygen atoms in total. The summed E-state index contributed by atoms with van der Waals surface area (Å²) in [5, 5.41) is 4.16. The first-order valence-corrected chi connectivity index (χ1v) is 11.5. The van der Waals surface area contributed by atoms with Crippen LogP contribution < -0.4 is 19.8 Å². The first kappa shape index (κ1) is 24.6. The van der Waals surface area contributed by atoms with E-state index in [4.69, 9.17) is 18.9 Å². The summed E-state index contributed by atoms with van der Waals surface area (Å²) in [4.78, 5) is 24.1. The zero-order valence-corrected chi connectivity index (χ0v) is 19.6. The highest BCUT2D eigenvalue weighted by Gasteiger charge is 2.19. The maximum absolute atomic E-state index is 14.2. The molecular formula is C23H29FN6O5. The Labute approximate surface area is 202 Å². The number of carbonyl (C=O) groups is 1. The van der Waals surface area contributed by atoms with Gasteiger partial charge in [0.05, 0.1) is 45.4 Å². The van der Waals surface area contributed by atoms with Crippen molar-refractivity contribution in [1.82, 2.24) is 14.9 Å². The summed E-state index contributed by atoms with van der Waals surface area (Å²) in [5.74, 6) is 0.768. The first-order chi connectivity index (χ1) is 17.1. The fourth-order valence-corrected chi connectivity index (χ4v) is 3.61. The molecule has 4 rings (SSSR count). The minimum Gasteiger partial charge on any atom is -0.490 e. The number of amides is 1. The van der Waals surface area contributed by atoms with E-state index in [1.54, 1.807) is 29.3 Å². The molecule has 2 aromatic rings. The average molecular weight is 489 g/mol. The van der Waals surface area contributed by atoms with Gasteiger partial charge in [-0.25, -0.2) is 14.8 Å². The molecule has 1 N–H and O–H groups in total. The maximum Gasteiger partial charge on any atom is 0.260 e. The van der Waals surface area contributed by atoms with Gasteiger partial charge in [-0.1, -0.05) is 0 Å². The van der Waals surface area contributed by atoms with E-state index in [0.717, 1.165) is 11.8 Å². The third-order valence-electron chi connectivity index (χ3n) is 5.40. The van der Waals surface area contributed by atoms with Gasteiger partial charge in [0.2, 0.25) is 5.95 Å². The molecule has 0 saturated carbocycles. The van der Waals surface area contributed by atoms with Gasteiger partial charge < -0.3 is 28.7 Å². The molecular weight excluding hydrogens is 459 g/mol. The molecule has 0 unspecified atom stereocenters. The second-order valence-corrected chi connectivity index (χ2v) is 7.76. The van der Waals surface area contributed by atoms with E-state index >= 15 is 0 Å². The standard InChI is InChI=1S/C23H29FN6O5/c1-2-34-20-13-17(3-4-19(20)35-16-21(31)29-5-9-32-10-6-29)14-26-28-23-25-15-18(24)22(27-23)30-7-11-33-12-8-30/h3-4,13-15H,2,5-12,16H2,1H3,(H,25,27,28). The monoisotopic (exact) mass is 488 g/mol. The highest BCUT2D eigenvalue weighted by molar-refractivity contribution is 5.81. The van der Waals surface area contributed by atoms with E-state index in [-0.39, 0.29) is 24.3 Å².